The van der Waals surface area contributed by atoms with Gasteiger partial charge in [0.25, 0.3) is 6.47 Å². The van der Waals surface area contributed by atoms with E-state index in [0.29, 0.717) is 31.8 Å². The number of carbonyl (C=O) groups is 3. The Hall–Kier alpha value is -2.44. The number of pyridine rings is 1. The highest BCUT2D eigenvalue weighted by molar-refractivity contribution is 5.82. The lowest BCUT2D eigenvalue weighted by Crippen LogP contribution is -2.36. The van der Waals surface area contributed by atoms with Crippen molar-refractivity contribution in [3.8, 4) is 0 Å². The fourth-order valence-corrected chi connectivity index (χ4v) is 3.26. The topological polar surface area (TPSA) is 99.6 Å². The van der Waals surface area contributed by atoms with Gasteiger partial charge in [0.2, 0.25) is 11.8 Å². The van der Waals surface area contributed by atoms with Gasteiger partial charge in [0.05, 0.1) is 12.5 Å². The van der Waals surface area contributed by atoms with Crippen molar-refractivity contribution in [3.05, 3.63) is 29.1 Å². The van der Waals surface area contributed by atoms with Gasteiger partial charge < -0.3 is 15.3 Å². The largest absolute Gasteiger partial charge is 0.483 e. The fourth-order valence-electron chi connectivity index (χ4n) is 3.26. The van der Waals surface area contributed by atoms with E-state index < -0.39 is 0 Å². The molecule has 7 heteroatoms. The lowest BCUT2D eigenvalue weighted by molar-refractivity contribution is -0.130. The first-order valence-electron chi connectivity index (χ1n) is 7.52. The maximum atomic E-state index is 12.3. The van der Waals surface area contributed by atoms with Crippen LogP contribution in [0.4, 0.5) is 0 Å². The zero-order chi connectivity index (χ0) is 17.0. The summed E-state index contributed by atoms with van der Waals surface area (Å²) in [6.07, 6.45) is 0.972. The van der Waals surface area contributed by atoms with Crippen LogP contribution >= 0.6 is 0 Å². The molecule has 0 radical (unpaired) electrons. The minimum Gasteiger partial charge on any atom is -0.483 e. The Bertz CT molecular complexity index is 581. The van der Waals surface area contributed by atoms with Crippen molar-refractivity contribution in [1.82, 2.24) is 15.2 Å². The number of carboxylic acid groups (broad SMARTS) is 1. The molecule has 2 N–H and O–H groups in total. The number of rotatable bonds is 2. The molecular weight excluding hydrogens is 298 g/mol. The maximum absolute atomic E-state index is 12.3. The summed E-state index contributed by atoms with van der Waals surface area (Å²) in [4.78, 5) is 38.2. The van der Waals surface area contributed by atoms with Crippen LogP contribution in [0.1, 0.15) is 23.4 Å². The van der Waals surface area contributed by atoms with Crippen molar-refractivity contribution in [2.24, 2.45) is 5.92 Å². The normalized spacial score (nSPS) is 22.0. The van der Waals surface area contributed by atoms with Gasteiger partial charge in [0.15, 0.2) is 0 Å². The average molecular weight is 319 g/mol. The standard InChI is InChI=1S/C15H19N3O2.CH2O2/c1-9-3-11(4-10(2)16-9)5-15(20)18-7-12-6-14(19)17-13(12)8-18;2-1-3/h3-4,12-13H,5-8H2,1-2H3,(H,17,19);1H,(H,2,3)/t12-,13+;/m0./s1. The van der Waals surface area contributed by atoms with Crippen LogP contribution in [0.3, 0.4) is 0 Å². The molecule has 7 nitrogen and oxygen atoms in total. The van der Waals surface area contributed by atoms with E-state index in [1.807, 2.05) is 30.9 Å². The van der Waals surface area contributed by atoms with E-state index in [9.17, 15) is 9.59 Å². The number of amides is 2. The summed E-state index contributed by atoms with van der Waals surface area (Å²) in [6, 6.07) is 4.08. The Morgan fingerprint density at radius 1 is 1.39 bits per heavy atom. The Morgan fingerprint density at radius 3 is 2.57 bits per heavy atom. The van der Waals surface area contributed by atoms with Crippen molar-refractivity contribution in [3.63, 3.8) is 0 Å². The molecule has 23 heavy (non-hydrogen) atoms. The zero-order valence-electron chi connectivity index (χ0n) is 13.3. The van der Waals surface area contributed by atoms with Crippen LogP contribution in [0, 0.1) is 19.8 Å². The van der Waals surface area contributed by atoms with E-state index in [0.717, 1.165) is 17.0 Å². The first-order valence-corrected chi connectivity index (χ1v) is 7.52. The van der Waals surface area contributed by atoms with E-state index in [-0.39, 0.29) is 24.3 Å². The maximum Gasteiger partial charge on any atom is 0.290 e. The molecule has 2 aliphatic heterocycles. The molecule has 2 aliphatic rings. The van der Waals surface area contributed by atoms with Crippen LogP contribution in [-0.4, -0.2) is 52.4 Å². The van der Waals surface area contributed by atoms with Crippen molar-refractivity contribution in [1.29, 1.82) is 0 Å². The highest BCUT2D eigenvalue weighted by atomic mass is 16.3. The second-order valence-electron chi connectivity index (χ2n) is 5.98. The third kappa shape index (κ3) is 4.28. The Kier molecular flexibility index (Phi) is 5.31. The van der Waals surface area contributed by atoms with Gasteiger partial charge in [0.1, 0.15) is 0 Å². The second kappa shape index (κ2) is 7.21. The van der Waals surface area contributed by atoms with Gasteiger partial charge in [-0.05, 0) is 31.5 Å². The van der Waals surface area contributed by atoms with Gasteiger partial charge in [-0.1, -0.05) is 0 Å². The minimum absolute atomic E-state index is 0.118. The molecule has 3 heterocycles. The first-order chi connectivity index (χ1) is 10.9. The number of fused-ring (bicyclic) bond motifs is 1. The quantitative estimate of drug-likeness (QED) is 0.763. The number of hydrogen-bond donors (Lipinski definition) is 2. The number of nitrogens with zero attached hydrogens (tertiary/aromatic N) is 2. The van der Waals surface area contributed by atoms with Gasteiger partial charge in [-0.2, -0.15) is 0 Å². The summed E-state index contributed by atoms with van der Waals surface area (Å²) < 4.78 is 0. The van der Waals surface area contributed by atoms with Gasteiger partial charge in [-0.3, -0.25) is 19.4 Å². The number of likely N-dealkylation sites (tertiary alicyclic amines) is 1. The van der Waals surface area contributed by atoms with E-state index in [1.54, 1.807) is 0 Å². The zero-order valence-corrected chi connectivity index (χ0v) is 13.3. The number of aryl methyl sites for hydroxylation is 2. The number of aromatic nitrogens is 1. The summed E-state index contributed by atoms with van der Waals surface area (Å²) in [5, 5.41) is 9.83. The van der Waals surface area contributed by atoms with Crippen molar-refractivity contribution < 1.29 is 19.5 Å². The third-order valence-electron chi connectivity index (χ3n) is 4.08. The molecule has 0 aliphatic carbocycles. The number of hydrogen-bond acceptors (Lipinski definition) is 4. The lowest BCUT2D eigenvalue weighted by Gasteiger charge is -2.17. The number of nitrogens with one attached hydrogen (secondary N) is 1. The van der Waals surface area contributed by atoms with Crippen LogP contribution < -0.4 is 5.32 Å². The molecule has 0 bridgehead atoms. The number of carbonyl (C=O) groups excluding carboxylic acids is 2. The van der Waals surface area contributed by atoms with Crippen LogP contribution in [-0.2, 0) is 20.8 Å². The minimum atomic E-state index is -0.250. The Morgan fingerprint density at radius 2 is 2.00 bits per heavy atom. The van der Waals surface area contributed by atoms with E-state index >= 15 is 0 Å². The van der Waals surface area contributed by atoms with E-state index in [1.165, 1.54) is 0 Å². The van der Waals surface area contributed by atoms with Gasteiger partial charge >= 0.3 is 0 Å². The molecule has 0 aromatic carbocycles. The van der Waals surface area contributed by atoms with Crippen molar-refractivity contribution in [2.45, 2.75) is 32.7 Å². The molecule has 0 unspecified atom stereocenters. The predicted molar refractivity (Wildman–Crippen MR) is 82.7 cm³/mol. The molecule has 2 fully saturated rings. The second-order valence-corrected chi connectivity index (χ2v) is 5.98. The molecule has 1 aromatic heterocycles. The molecule has 2 atom stereocenters. The monoisotopic (exact) mass is 319 g/mol. The van der Waals surface area contributed by atoms with Crippen LogP contribution in [0.5, 0.6) is 0 Å². The molecule has 0 spiro atoms. The molecular formula is C16H21N3O4. The first kappa shape index (κ1) is 16.9. The van der Waals surface area contributed by atoms with E-state index in [2.05, 4.69) is 10.3 Å². The van der Waals surface area contributed by atoms with Gasteiger partial charge in [0, 0.05) is 36.8 Å². The Labute approximate surface area is 134 Å². The highest BCUT2D eigenvalue weighted by Gasteiger charge is 2.41. The Balaban J connectivity index is 0.000000595. The van der Waals surface area contributed by atoms with Gasteiger partial charge in [-0.25, -0.2) is 0 Å². The molecule has 1 aromatic rings. The summed E-state index contributed by atoms with van der Waals surface area (Å²) in [5.74, 6) is 0.554. The van der Waals surface area contributed by atoms with Crippen LogP contribution in [0.15, 0.2) is 12.1 Å². The van der Waals surface area contributed by atoms with Crippen molar-refractivity contribution in [2.75, 3.05) is 13.1 Å². The van der Waals surface area contributed by atoms with Gasteiger partial charge in [-0.15, -0.1) is 0 Å². The average Bonchev–Trinajstić information content (AvgIpc) is 2.95. The highest BCUT2D eigenvalue weighted by Crippen LogP contribution is 2.25. The molecule has 124 valence electrons. The van der Waals surface area contributed by atoms with Crippen LogP contribution in [0.2, 0.25) is 0 Å². The summed E-state index contributed by atoms with van der Waals surface area (Å²) in [5.41, 5.74) is 2.90. The smallest absolute Gasteiger partial charge is 0.290 e. The lowest BCUT2D eigenvalue weighted by atomic mass is 10.1. The summed E-state index contributed by atoms with van der Waals surface area (Å²) >= 11 is 0. The SMILES string of the molecule is Cc1cc(CC(=O)N2C[C@@H]3CC(=O)N[C@@H]3C2)cc(C)n1.O=CO. The predicted octanol–water partition coefficient (Wildman–Crippen LogP) is 0.289. The molecule has 3 rings (SSSR count). The van der Waals surface area contributed by atoms with E-state index in [4.69, 9.17) is 9.90 Å². The molecule has 0 saturated carbocycles. The molecule has 2 amide bonds. The third-order valence-corrected chi connectivity index (χ3v) is 4.08. The summed E-state index contributed by atoms with van der Waals surface area (Å²) in [7, 11) is 0. The fraction of sp³-hybridized carbons (Fsp3) is 0.500. The summed E-state index contributed by atoms with van der Waals surface area (Å²) in [6.45, 7) is 4.98. The van der Waals surface area contributed by atoms with Crippen molar-refractivity contribution >= 4 is 18.3 Å². The van der Waals surface area contributed by atoms with Crippen LogP contribution in [0.25, 0.3) is 0 Å². The molecule has 2 saturated heterocycles.